The summed E-state index contributed by atoms with van der Waals surface area (Å²) >= 11 is 5.80. The summed E-state index contributed by atoms with van der Waals surface area (Å²) in [7, 11) is 0. The number of nitrogens with zero attached hydrogens (tertiary/aromatic N) is 4. The molecular formula is C20H17ClF2N4O. The van der Waals surface area contributed by atoms with Gasteiger partial charge in [-0.2, -0.15) is 5.10 Å². The molecule has 3 aromatic rings. The van der Waals surface area contributed by atoms with Crippen LogP contribution < -0.4 is 0 Å². The van der Waals surface area contributed by atoms with E-state index in [1.807, 2.05) is 4.68 Å². The van der Waals surface area contributed by atoms with Gasteiger partial charge in [-0.1, -0.05) is 17.7 Å². The molecule has 0 fully saturated rings. The minimum atomic E-state index is -0.508. The predicted molar refractivity (Wildman–Crippen MR) is 101 cm³/mol. The van der Waals surface area contributed by atoms with Gasteiger partial charge in [-0.15, -0.1) is 0 Å². The van der Waals surface area contributed by atoms with Crippen molar-refractivity contribution >= 4 is 17.5 Å². The van der Waals surface area contributed by atoms with Gasteiger partial charge in [0.1, 0.15) is 11.6 Å². The maximum Gasteiger partial charge on any atom is 0.227 e. The molecule has 1 aromatic carbocycles. The Labute approximate surface area is 165 Å². The van der Waals surface area contributed by atoms with E-state index in [4.69, 9.17) is 11.6 Å². The number of halogens is 3. The molecular weight excluding hydrogens is 386 g/mol. The molecule has 3 heterocycles. The fraction of sp³-hybridized carbons (Fsp3) is 0.250. The molecule has 0 N–H and O–H groups in total. The van der Waals surface area contributed by atoms with Crippen LogP contribution in [0.3, 0.4) is 0 Å². The first-order valence-corrected chi connectivity index (χ1v) is 9.19. The van der Waals surface area contributed by atoms with Crippen molar-refractivity contribution in [2.24, 2.45) is 0 Å². The standard InChI is InChI=1S/C20H17ClF2N4O/c1-12-6-18(24-10-17(12)23)14-9-25-27-5-4-26(11-19(14)27)20(28)8-13-2-3-16(22)15(21)7-13/h2-3,6-7,9-10H,4-5,8,11H2,1H3. The second kappa shape index (κ2) is 7.31. The average molecular weight is 403 g/mol. The van der Waals surface area contributed by atoms with Gasteiger partial charge in [0.05, 0.1) is 48.3 Å². The number of fused-ring (bicyclic) bond motifs is 1. The third kappa shape index (κ3) is 3.49. The van der Waals surface area contributed by atoms with E-state index in [-0.39, 0.29) is 23.2 Å². The predicted octanol–water partition coefficient (Wildman–Crippen LogP) is 3.77. The Hall–Kier alpha value is -2.80. The first-order chi connectivity index (χ1) is 13.4. The fourth-order valence-electron chi connectivity index (χ4n) is 3.29. The van der Waals surface area contributed by atoms with Crippen LogP contribution in [0.15, 0.2) is 36.7 Å². The summed E-state index contributed by atoms with van der Waals surface area (Å²) in [6.07, 6.45) is 3.03. The molecule has 8 heteroatoms. The Bertz CT molecular complexity index is 1070. The van der Waals surface area contributed by atoms with Gasteiger partial charge in [0.15, 0.2) is 0 Å². The van der Waals surface area contributed by atoms with E-state index in [9.17, 15) is 13.6 Å². The minimum absolute atomic E-state index is 0.00191. The van der Waals surface area contributed by atoms with E-state index >= 15 is 0 Å². The van der Waals surface area contributed by atoms with Crippen molar-refractivity contribution in [3.8, 4) is 11.3 Å². The quantitative estimate of drug-likeness (QED) is 0.670. The topological polar surface area (TPSA) is 51.0 Å². The molecule has 0 saturated carbocycles. The summed E-state index contributed by atoms with van der Waals surface area (Å²) in [6.45, 7) is 3.14. The fourth-order valence-corrected chi connectivity index (χ4v) is 3.50. The minimum Gasteiger partial charge on any atom is -0.335 e. The summed E-state index contributed by atoms with van der Waals surface area (Å²) in [6, 6.07) is 5.97. The lowest BCUT2D eigenvalue weighted by molar-refractivity contribution is -0.131. The van der Waals surface area contributed by atoms with Gasteiger partial charge >= 0.3 is 0 Å². The SMILES string of the molecule is Cc1cc(-c2cnn3c2CN(C(=O)Cc2ccc(F)c(Cl)c2)CC3)ncc1F. The lowest BCUT2D eigenvalue weighted by Gasteiger charge is -2.28. The Morgan fingerprint density at radius 3 is 2.75 bits per heavy atom. The number of aryl methyl sites for hydroxylation is 1. The van der Waals surface area contributed by atoms with Crippen LogP contribution in [-0.4, -0.2) is 32.1 Å². The third-order valence-electron chi connectivity index (χ3n) is 4.89. The summed E-state index contributed by atoms with van der Waals surface area (Å²) in [5, 5.41) is 4.37. The number of hydrogen-bond acceptors (Lipinski definition) is 3. The van der Waals surface area contributed by atoms with Gasteiger partial charge in [0, 0.05) is 12.1 Å². The van der Waals surface area contributed by atoms with Gasteiger partial charge in [-0.25, -0.2) is 8.78 Å². The summed E-state index contributed by atoms with van der Waals surface area (Å²) in [4.78, 5) is 18.6. The van der Waals surface area contributed by atoms with Crippen molar-refractivity contribution in [3.05, 3.63) is 70.1 Å². The number of benzene rings is 1. The Balaban J connectivity index is 1.55. The van der Waals surface area contributed by atoms with Gasteiger partial charge in [0.25, 0.3) is 0 Å². The summed E-state index contributed by atoms with van der Waals surface area (Å²) in [5.74, 6) is -0.949. The monoisotopic (exact) mass is 402 g/mol. The van der Waals surface area contributed by atoms with Crippen molar-refractivity contribution < 1.29 is 13.6 Å². The lowest BCUT2D eigenvalue weighted by atomic mass is 10.1. The van der Waals surface area contributed by atoms with Gasteiger partial charge in [-0.05, 0) is 36.2 Å². The molecule has 0 atom stereocenters. The van der Waals surface area contributed by atoms with Crippen molar-refractivity contribution in [2.45, 2.75) is 26.4 Å². The Morgan fingerprint density at radius 1 is 1.18 bits per heavy atom. The van der Waals surface area contributed by atoms with Crippen molar-refractivity contribution in [1.82, 2.24) is 19.7 Å². The van der Waals surface area contributed by atoms with E-state index in [1.54, 1.807) is 30.2 Å². The number of carbonyl (C=O) groups is 1. The number of aromatic nitrogens is 3. The van der Waals surface area contributed by atoms with Crippen molar-refractivity contribution in [3.63, 3.8) is 0 Å². The van der Waals surface area contributed by atoms with Crippen molar-refractivity contribution in [1.29, 1.82) is 0 Å². The highest BCUT2D eigenvalue weighted by Gasteiger charge is 2.25. The lowest BCUT2D eigenvalue weighted by Crippen LogP contribution is -2.39. The Morgan fingerprint density at radius 2 is 2.00 bits per heavy atom. The zero-order valence-corrected chi connectivity index (χ0v) is 15.9. The molecule has 0 unspecified atom stereocenters. The first kappa shape index (κ1) is 18.6. The van der Waals surface area contributed by atoms with E-state index in [1.165, 1.54) is 18.3 Å². The van der Waals surface area contributed by atoms with E-state index < -0.39 is 5.82 Å². The van der Waals surface area contributed by atoms with Gasteiger partial charge in [0.2, 0.25) is 5.91 Å². The molecule has 0 aliphatic carbocycles. The zero-order chi connectivity index (χ0) is 19.8. The second-order valence-corrected chi connectivity index (χ2v) is 7.19. The zero-order valence-electron chi connectivity index (χ0n) is 15.1. The molecule has 5 nitrogen and oxygen atoms in total. The molecule has 0 bridgehead atoms. The first-order valence-electron chi connectivity index (χ1n) is 8.81. The number of rotatable bonds is 3. The van der Waals surface area contributed by atoms with Crippen LogP contribution in [0.4, 0.5) is 8.78 Å². The smallest absolute Gasteiger partial charge is 0.227 e. The van der Waals surface area contributed by atoms with Gasteiger partial charge < -0.3 is 4.90 Å². The number of hydrogen-bond donors (Lipinski definition) is 0. The highest BCUT2D eigenvalue weighted by Crippen LogP contribution is 2.27. The number of carbonyl (C=O) groups excluding carboxylic acids is 1. The molecule has 0 spiro atoms. The maximum atomic E-state index is 13.5. The average Bonchev–Trinajstić information content (AvgIpc) is 3.10. The van der Waals surface area contributed by atoms with Crippen LogP contribution in [-0.2, 0) is 24.3 Å². The van der Waals surface area contributed by atoms with Crippen LogP contribution in [0.25, 0.3) is 11.3 Å². The highest BCUT2D eigenvalue weighted by atomic mass is 35.5. The molecule has 144 valence electrons. The largest absolute Gasteiger partial charge is 0.335 e. The molecule has 1 aliphatic heterocycles. The summed E-state index contributed by atoms with van der Waals surface area (Å²) < 4.78 is 28.7. The normalized spacial score (nSPS) is 13.5. The third-order valence-corrected chi connectivity index (χ3v) is 5.18. The van der Waals surface area contributed by atoms with Crippen molar-refractivity contribution in [2.75, 3.05) is 6.54 Å². The molecule has 1 amide bonds. The van der Waals surface area contributed by atoms with E-state index in [0.717, 1.165) is 11.3 Å². The van der Waals surface area contributed by atoms with Crippen LogP contribution in [0.1, 0.15) is 16.8 Å². The van der Waals surface area contributed by atoms with Crippen LogP contribution >= 0.6 is 11.6 Å². The Kier molecular flexibility index (Phi) is 4.85. The van der Waals surface area contributed by atoms with E-state index in [2.05, 4.69) is 10.1 Å². The molecule has 0 saturated heterocycles. The van der Waals surface area contributed by atoms with Gasteiger partial charge in [-0.3, -0.25) is 14.5 Å². The second-order valence-electron chi connectivity index (χ2n) is 6.79. The number of pyridine rings is 1. The molecule has 0 radical (unpaired) electrons. The number of amides is 1. The maximum absolute atomic E-state index is 13.5. The van der Waals surface area contributed by atoms with E-state index in [0.29, 0.717) is 36.5 Å². The van der Waals surface area contributed by atoms with Crippen LogP contribution in [0.2, 0.25) is 5.02 Å². The molecule has 1 aliphatic rings. The molecule has 2 aromatic heterocycles. The highest BCUT2D eigenvalue weighted by molar-refractivity contribution is 6.30. The molecule has 4 rings (SSSR count). The molecule has 28 heavy (non-hydrogen) atoms. The summed E-state index contributed by atoms with van der Waals surface area (Å²) in [5.41, 5.74) is 3.42. The van der Waals surface area contributed by atoms with Crippen LogP contribution in [0, 0.1) is 18.6 Å². The van der Waals surface area contributed by atoms with Crippen LogP contribution in [0.5, 0.6) is 0 Å².